The lowest BCUT2D eigenvalue weighted by Crippen LogP contribution is -2.18. The third kappa shape index (κ3) is 6.42. The molecule has 0 spiro atoms. The lowest BCUT2D eigenvalue weighted by Gasteiger charge is -2.11. The second-order valence-electron chi connectivity index (χ2n) is 10.6. The molecule has 3 aromatic rings. The topological polar surface area (TPSA) is 124 Å². The van der Waals surface area contributed by atoms with Crippen molar-refractivity contribution in [3.63, 3.8) is 0 Å². The standard InChI is InChI=1S/C31H35N3O6S2/c1-39-30(37)24-19-11-7-3-5-9-13-22(19)41-28(24)33-26(35)18-15-16-21(32-17-18)27(36)34-29-25(31(38)40-2)20-12-8-4-6-10-14-23(20)42-29/h15-17H,3-14H2,1-2H3,(H,33,35)(H,34,36). The quantitative estimate of drug-likeness (QED) is 0.302. The molecule has 11 heteroatoms. The van der Waals surface area contributed by atoms with Gasteiger partial charge in [-0.15, -0.1) is 22.7 Å². The van der Waals surface area contributed by atoms with Gasteiger partial charge in [0.25, 0.3) is 11.8 Å². The largest absolute Gasteiger partial charge is 0.465 e. The van der Waals surface area contributed by atoms with E-state index >= 15 is 0 Å². The van der Waals surface area contributed by atoms with E-state index in [0.29, 0.717) is 21.1 Å². The van der Waals surface area contributed by atoms with Crippen LogP contribution in [0, 0.1) is 0 Å². The summed E-state index contributed by atoms with van der Waals surface area (Å²) in [6.45, 7) is 0. The SMILES string of the molecule is COC(=O)c1c(NC(=O)c2ccc(C(=O)Nc3sc4c(c3C(=O)OC)CCCCCC4)nc2)sc2c1CCCCCC2. The van der Waals surface area contributed by atoms with Crippen molar-refractivity contribution in [3.8, 4) is 0 Å². The van der Waals surface area contributed by atoms with Crippen molar-refractivity contribution in [2.75, 3.05) is 24.9 Å². The van der Waals surface area contributed by atoms with Crippen LogP contribution in [0.3, 0.4) is 0 Å². The molecule has 3 heterocycles. The number of aromatic nitrogens is 1. The average Bonchev–Trinajstić information content (AvgIpc) is 3.47. The molecule has 0 saturated heterocycles. The van der Waals surface area contributed by atoms with E-state index in [1.807, 2.05) is 0 Å². The first-order valence-corrected chi connectivity index (χ1v) is 16.1. The lowest BCUT2D eigenvalue weighted by atomic mass is 9.96. The van der Waals surface area contributed by atoms with Gasteiger partial charge in [0.1, 0.15) is 15.7 Å². The van der Waals surface area contributed by atoms with E-state index in [2.05, 4.69) is 15.6 Å². The summed E-state index contributed by atoms with van der Waals surface area (Å²) in [5.74, 6) is -1.83. The van der Waals surface area contributed by atoms with E-state index in [1.165, 1.54) is 55.2 Å². The van der Waals surface area contributed by atoms with Crippen molar-refractivity contribution in [2.24, 2.45) is 0 Å². The molecule has 0 unspecified atom stereocenters. The summed E-state index contributed by atoms with van der Waals surface area (Å²) in [5, 5.41) is 6.68. The van der Waals surface area contributed by atoms with E-state index in [-0.39, 0.29) is 11.3 Å². The van der Waals surface area contributed by atoms with Gasteiger partial charge in [0.15, 0.2) is 0 Å². The van der Waals surface area contributed by atoms with E-state index in [0.717, 1.165) is 97.9 Å². The maximum Gasteiger partial charge on any atom is 0.341 e. The van der Waals surface area contributed by atoms with Gasteiger partial charge in [0.2, 0.25) is 0 Å². The summed E-state index contributed by atoms with van der Waals surface area (Å²) in [5.41, 5.74) is 3.16. The van der Waals surface area contributed by atoms with Gasteiger partial charge in [-0.2, -0.15) is 0 Å². The van der Waals surface area contributed by atoms with Crippen molar-refractivity contribution in [1.29, 1.82) is 0 Å². The molecule has 42 heavy (non-hydrogen) atoms. The maximum atomic E-state index is 13.2. The van der Waals surface area contributed by atoms with E-state index in [9.17, 15) is 19.2 Å². The Morgan fingerprint density at radius 3 is 1.60 bits per heavy atom. The molecule has 5 rings (SSSR count). The predicted octanol–water partition coefficient (Wildman–Crippen LogP) is 6.60. The van der Waals surface area contributed by atoms with Crippen LogP contribution in [0.2, 0.25) is 0 Å². The highest BCUT2D eigenvalue weighted by atomic mass is 32.1. The predicted molar refractivity (Wildman–Crippen MR) is 163 cm³/mol. The number of amides is 2. The molecule has 0 fully saturated rings. The number of methoxy groups -OCH3 is 2. The van der Waals surface area contributed by atoms with Crippen LogP contribution in [0.25, 0.3) is 0 Å². The number of hydrogen-bond acceptors (Lipinski definition) is 9. The molecule has 222 valence electrons. The lowest BCUT2D eigenvalue weighted by molar-refractivity contribution is 0.0592. The maximum absolute atomic E-state index is 13.2. The number of fused-ring (bicyclic) bond motifs is 2. The first-order chi connectivity index (χ1) is 20.4. The number of aryl methyl sites for hydroxylation is 2. The number of nitrogens with one attached hydrogen (secondary N) is 2. The molecule has 0 bridgehead atoms. The summed E-state index contributed by atoms with van der Waals surface area (Å²) in [4.78, 5) is 58.1. The number of ether oxygens (including phenoxy) is 2. The highest BCUT2D eigenvalue weighted by Crippen LogP contribution is 2.39. The number of carbonyl (C=O) groups is 4. The van der Waals surface area contributed by atoms with Crippen molar-refractivity contribution < 1.29 is 28.7 Å². The van der Waals surface area contributed by atoms with E-state index in [1.54, 1.807) is 0 Å². The Hall–Kier alpha value is -3.57. The summed E-state index contributed by atoms with van der Waals surface area (Å²) >= 11 is 2.84. The van der Waals surface area contributed by atoms with Gasteiger partial charge in [0.05, 0.1) is 30.9 Å². The Bertz CT molecular complexity index is 1380. The molecular weight excluding hydrogens is 574 g/mol. The van der Waals surface area contributed by atoms with Crippen molar-refractivity contribution in [1.82, 2.24) is 4.98 Å². The highest BCUT2D eigenvalue weighted by molar-refractivity contribution is 7.17. The molecule has 2 N–H and O–H groups in total. The Morgan fingerprint density at radius 1 is 0.667 bits per heavy atom. The van der Waals surface area contributed by atoms with Gasteiger partial charge in [-0.1, -0.05) is 25.7 Å². The summed E-state index contributed by atoms with van der Waals surface area (Å²) < 4.78 is 10.1. The fourth-order valence-corrected chi connectivity index (χ4v) is 8.20. The van der Waals surface area contributed by atoms with Crippen LogP contribution in [0.1, 0.15) is 114 Å². The number of esters is 2. The molecular formula is C31H35N3O6S2. The zero-order chi connectivity index (χ0) is 29.6. The number of pyridine rings is 1. The van der Waals surface area contributed by atoms with Gasteiger partial charge < -0.3 is 20.1 Å². The van der Waals surface area contributed by atoms with Crippen LogP contribution in [-0.2, 0) is 35.2 Å². The highest BCUT2D eigenvalue weighted by Gasteiger charge is 2.28. The van der Waals surface area contributed by atoms with Crippen LogP contribution in [-0.4, -0.2) is 43.0 Å². The molecule has 2 aliphatic carbocycles. The van der Waals surface area contributed by atoms with Crippen molar-refractivity contribution in [2.45, 2.75) is 77.0 Å². The Morgan fingerprint density at radius 2 is 1.14 bits per heavy atom. The molecule has 0 radical (unpaired) electrons. The zero-order valence-corrected chi connectivity index (χ0v) is 25.6. The minimum atomic E-state index is -0.479. The van der Waals surface area contributed by atoms with Gasteiger partial charge in [-0.25, -0.2) is 9.59 Å². The Labute approximate surface area is 253 Å². The van der Waals surface area contributed by atoms with E-state index < -0.39 is 23.8 Å². The second-order valence-corrected chi connectivity index (χ2v) is 12.8. The van der Waals surface area contributed by atoms with Crippen LogP contribution in [0.15, 0.2) is 18.3 Å². The third-order valence-electron chi connectivity index (χ3n) is 7.83. The normalized spacial score (nSPS) is 15.1. The molecule has 9 nitrogen and oxygen atoms in total. The third-order valence-corrected chi connectivity index (χ3v) is 10.2. The van der Waals surface area contributed by atoms with Gasteiger partial charge in [-0.05, 0) is 74.6 Å². The fraction of sp³-hybridized carbons (Fsp3) is 0.452. The first-order valence-electron chi connectivity index (χ1n) is 14.5. The van der Waals surface area contributed by atoms with Crippen LogP contribution in [0.4, 0.5) is 10.0 Å². The Balaban J connectivity index is 1.33. The van der Waals surface area contributed by atoms with Crippen molar-refractivity contribution >= 4 is 56.4 Å². The van der Waals surface area contributed by atoms with Crippen LogP contribution >= 0.6 is 22.7 Å². The number of carbonyl (C=O) groups excluding carboxylic acids is 4. The minimum Gasteiger partial charge on any atom is -0.465 e. The van der Waals surface area contributed by atoms with Gasteiger partial charge in [-0.3, -0.25) is 14.6 Å². The Kier molecular flexibility index (Phi) is 9.69. The second kappa shape index (κ2) is 13.6. The van der Waals surface area contributed by atoms with Gasteiger partial charge >= 0.3 is 11.9 Å². The fourth-order valence-electron chi connectivity index (χ4n) is 5.66. The number of thiophene rings is 2. The molecule has 2 aliphatic rings. The number of rotatable bonds is 6. The van der Waals surface area contributed by atoms with Crippen LogP contribution < -0.4 is 10.6 Å². The summed E-state index contributed by atoms with van der Waals surface area (Å²) in [6, 6.07) is 2.99. The molecule has 0 aliphatic heterocycles. The number of anilines is 2. The molecule has 0 aromatic carbocycles. The number of hydrogen-bond donors (Lipinski definition) is 2. The molecule has 3 aromatic heterocycles. The monoisotopic (exact) mass is 609 g/mol. The molecule has 2 amide bonds. The minimum absolute atomic E-state index is 0.109. The summed E-state index contributed by atoms with van der Waals surface area (Å²) in [6.07, 6.45) is 13.2. The zero-order valence-electron chi connectivity index (χ0n) is 23.9. The molecule has 0 saturated carbocycles. The first kappa shape index (κ1) is 29.9. The molecule has 0 atom stereocenters. The van der Waals surface area contributed by atoms with Crippen molar-refractivity contribution in [3.05, 3.63) is 61.6 Å². The smallest absolute Gasteiger partial charge is 0.341 e. The van der Waals surface area contributed by atoms with Gasteiger partial charge in [0, 0.05) is 16.0 Å². The van der Waals surface area contributed by atoms with Crippen LogP contribution in [0.5, 0.6) is 0 Å². The number of nitrogens with zero attached hydrogens (tertiary/aromatic N) is 1. The summed E-state index contributed by atoms with van der Waals surface area (Å²) in [7, 11) is 2.69. The average molecular weight is 610 g/mol. The van der Waals surface area contributed by atoms with E-state index in [4.69, 9.17) is 9.47 Å².